The number of benzene rings is 2. The molecule has 0 aliphatic rings. The second kappa shape index (κ2) is 6.25. The summed E-state index contributed by atoms with van der Waals surface area (Å²) in [7, 11) is 1.28. The van der Waals surface area contributed by atoms with Crippen LogP contribution in [0.25, 0.3) is 11.1 Å². The van der Waals surface area contributed by atoms with Gasteiger partial charge in [0.25, 0.3) is 0 Å². The van der Waals surface area contributed by atoms with Crippen LogP contribution >= 0.6 is 0 Å². The van der Waals surface area contributed by atoms with Gasteiger partial charge in [0, 0.05) is 6.42 Å². The van der Waals surface area contributed by atoms with Crippen LogP contribution in [0.1, 0.15) is 21.8 Å². The third-order valence-electron chi connectivity index (χ3n) is 3.30. The molecule has 0 spiro atoms. The molecule has 0 aliphatic heterocycles. The van der Waals surface area contributed by atoms with Crippen LogP contribution in [0.4, 0.5) is 5.69 Å². The van der Waals surface area contributed by atoms with Gasteiger partial charge in [0.2, 0.25) is 6.08 Å². The van der Waals surface area contributed by atoms with Gasteiger partial charge in [-0.15, -0.1) is 0 Å². The molecule has 3 rings (SSSR count). The maximum atomic E-state index is 11.7. The molecule has 0 amide bonds. The van der Waals surface area contributed by atoms with Crippen LogP contribution in [0.3, 0.4) is 0 Å². The molecule has 23 heavy (non-hydrogen) atoms. The standard InChI is InChI=1S/C17H12N2O4/c1-22-17(21)12-8-13(18-10-20)16-14(9-12)19-15(23-16)7-11-5-3-2-4-6-11/h2-6,8-9H,7H2,1H3. The van der Waals surface area contributed by atoms with Crippen molar-refractivity contribution in [2.75, 3.05) is 7.11 Å². The summed E-state index contributed by atoms with van der Waals surface area (Å²) in [6.45, 7) is 0. The maximum absolute atomic E-state index is 11.7. The first-order valence-corrected chi connectivity index (χ1v) is 6.85. The van der Waals surface area contributed by atoms with Gasteiger partial charge in [0.05, 0.1) is 12.7 Å². The third-order valence-corrected chi connectivity index (χ3v) is 3.30. The fourth-order valence-electron chi connectivity index (χ4n) is 2.28. The van der Waals surface area contributed by atoms with E-state index in [0.29, 0.717) is 23.4 Å². The number of rotatable bonds is 4. The van der Waals surface area contributed by atoms with Crippen molar-refractivity contribution in [2.45, 2.75) is 6.42 Å². The Hall–Kier alpha value is -3.24. The number of carbonyl (C=O) groups excluding carboxylic acids is 2. The summed E-state index contributed by atoms with van der Waals surface area (Å²) in [5.41, 5.74) is 2.26. The fourth-order valence-corrected chi connectivity index (χ4v) is 2.28. The minimum atomic E-state index is -0.540. The van der Waals surface area contributed by atoms with Crippen LogP contribution in [0.15, 0.2) is 51.9 Å². The van der Waals surface area contributed by atoms with E-state index in [1.54, 1.807) is 6.07 Å². The number of aromatic nitrogens is 1. The van der Waals surface area contributed by atoms with Gasteiger partial charge < -0.3 is 9.15 Å². The zero-order valence-corrected chi connectivity index (χ0v) is 12.3. The molecule has 0 unspecified atom stereocenters. The lowest BCUT2D eigenvalue weighted by Crippen LogP contribution is -2.00. The topological polar surface area (TPSA) is 81.8 Å². The number of esters is 1. The molecule has 1 aromatic heterocycles. The van der Waals surface area contributed by atoms with Crippen LogP contribution in [-0.2, 0) is 16.0 Å². The summed E-state index contributed by atoms with van der Waals surface area (Å²) < 4.78 is 10.4. The van der Waals surface area contributed by atoms with Gasteiger partial charge in [0.15, 0.2) is 11.5 Å². The average Bonchev–Trinajstić information content (AvgIpc) is 2.98. The summed E-state index contributed by atoms with van der Waals surface area (Å²) in [4.78, 5) is 30.2. The number of methoxy groups -OCH3 is 1. The van der Waals surface area contributed by atoms with Gasteiger partial charge in [-0.1, -0.05) is 30.3 Å². The first-order chi connectivity index (χ1) is 11.2. The number of hydrogen-bond acceptors (Lipinski definition) is 6. The lowest BCUT2D eigenvalue weighted by molar-refractivity contribution is 0.0601. The normalized spacial score (nSPS) is 10.3. The zero-order valence-electron chi connectivity index (χ0n) is 12.3. The molecule has 0 N–H and O–H groups in total. The highest BCUT2D eigenvalue weighted by Gasteiger charge is 2.16. The van der Waals surface area contributed by atoms with Crippen molar-refractivity contribution in [1.82, 2.24) is 4.98 Å². The highest BCUT2D eigenvalue weighted by atomic mass is 16.5. The number of isocyanates is 1. The van der Waals surface area contributed by atoms with E-state index in [9.17, 15) is 9.59 Å². The van der Waals surface area contributed by atoms with Crippen LogP contribution in [-0.4, -0.2) is 24.1 Å². The quantitative estimate of drug-likeness (QED) is 0.420. The van der Waals surface area contributed by atoms with Crippen LogP contribution in [0, 0.1) is 0 Å². The van der Waals surface area contributed by atoms with Gasteiger partial charge >= 0.3 is 5.97 Å². The molecule has 3 aromatic rings. The fraction of sp³-hybridized carbons (Fsp3) is 0.118. The van der Waals surface area contributed by atoms with Crippen molar-refractivity contribution < 1.29 is 18.7 Å². The Morgan fingerprint density at radius 3 is 2.78 bits per heavy atom. The van der Waals surface area contributed by atoms with E-state index in [4.69, 9.17) is 4.42 Å². The number of hydrogen-bond donors (Lipinski definition) is 0. The van der Waals surface area contributed by atoms with Crippen molar-refractivity contribution in [3.63, 3.8) is 0 Å². The van der Waals surface area contributed by atoms with Gasteiger partial charge in [-0.3, -0.25) is 0 Å². The number of fused-ring (bicyclic) bond motifs is 1. The molecule has 0 saturated heterocycles. The van der Waals surface area contributed by atoms with E-state index in [2.05, 4.69) is 14.7 Å². The van der Waals surface area contributed by atoms with E-state index >= 15 is 0 Å². The number of nitrogens with zero attached hydrogens (tertiary/aromatic N) is 2. The van der Waals surface area contributed by atoms with Gasteiger partial charge in [-0.05, 0) is 17.7 Å². The number of oxazole rings is 1. The molecular formula is C17H12N2O4. The highest BCUT2D eigenvalue weighted by molar-refractivity contribution is 5.97. The molecule has 0 atom stereocenters. The summed E-state index contributed by atoms with van der Waals surface area (Å²) >= 11 is 0. The van der Waals surface area contributed by atoms with Gasteiger partial charge in [-0.2, -0.15) is 4.99 Å². The molecule has 0 bridgehead atoms. The Morgan fingerprint density at radius 2 is 2.09 bits per heavy atom. The van der Waals surface area contributed by atoms with Crippen molar-refractivity contribution in [1.29, 1.82) is 0 Å². The second-order valence-corrected chi connectivity index (χ2v) is 4.81. The van der Waals surface area contributed by atoms with E-state index in [-0.39, 0.29) is 11.3 Å². The molecule has 1 heterocycles. The van der Waals surface area contributed by atoms with Crippen molar-refractivity contribution in [2.24, 2.45) is 4.99 Å². The first kappa shape index (κ1) is 14.7. The Balaban J connectivity index is 2.08. The molecule has 0 saturated carbocycles. The first-order valence-electron chi connectivity index (χ1n) is 6.85. The average molecular weight is 308 g/mol. The van der Waals surface area contributed by atoms with E-state index in [0.717, 1.165) is 5.56 Å². The number of carbonyl (C=O) groups is 1. The summed E-state index contributed by atoms with van der Waals surface area (Å²) in [6.07, 6.45) is 1.95. The Labute approximate surface area is 131 Å². The van der Waals surface area contributed by atoms with Crippen molar-refractivity contribution in [3.05, 3.63) is 59.5 Å². The van der Waals surface area contributed by atoms with Crippen LogP contribution in [0.5, 0.6) is 0 Å². The minimum Gasteiger partial charge on any atom is -0.465 e. The maximum Gasteiger partial charge on any atom is 0.338 e. The largest absolute Gasteiger partial charge is 0.465 e. The smallest absolute Gasteiger partial charge is 0.338 e. The van der Waals surface area contributed by atoms with Gasteiger partial charge in [0.1, 0.15) is 11.2 Å². The number of aliphatic imine (C=N–C) groups is 1. The zero-order chi connectivity index (χ0) is 16.2. The second-order valence-electron chi connectivity index (χ2n) is 4.81. The summed E-state index contributed by atoms with van der Waals surface area (Å²) in [6, 6.07) is 12.7. The van der Waals surface area contributed by atoms with E-state index in [1.165, 1.54) is 19.3 Å². The third kappa shape index (κ3) is 3.02. The highest BCUT2D eigenvalue weighted by Crippen LogP contribution is 2.29. The molecule has 0 aliphatic carbocycles. The Bertz CT molecular complexity index is 909. The molecule has 0 radical (unpaired) electrons. The monoisotopic (exact) mass is 308 g/mol. The van der Waals surface area contributed by atoms with E-state index in [1.807, 2.05) is 30.3 Å². The predicted octanol–water partition coefficient (Wildman–Crippen LogP) is 3.17. The van der Waals surface area contributed by atoms with Gasteiger partial charge in [-0.25, -0.2) is 14.6 Å². The Kier molecular flexibility index (Phi) is 3.99. The van der Waals surface area contributed by atoms with Crippen molar-refractivity contribution in [3.8, 4) is 0 Å². The van der Waals surface area contributed by atoms with Crippen LogP contribution in [0.2, 0.25) is 0 Å². The molecule has 0 fully saturated rings. The SMILES string of the molecule is COC(=O)c1cc(N=C=O)c2oc(Cc3ccccc3)nc2c1. The molecule has 6 nitrogen and oxygen atoms in total. The van der Waals surface area contributed by atoms with Crippen molar-refractivity contribution >= 4 is 28.8 Å². The molecule has 6 heteroatoms. The summed E-state index contributed by atoms with van der Waals surface area (Å²) in [5.74, 6) is -0.0718. The van der Waals surface area contributed by atoms with Crippen LogP contribution < -0.4 is 0 Å². The van der Waals surface area contributed by atoms with E-state index < -0.39 is 5.97 Å². The molecule has 2 aromatic carbocycles. The lowest BCUT2D eigenvalue weighted by atomic mass is 10.1. The predicted molar refractivity (Wildman–Crippen MR) is 82.4 cm³/mol. The molecular weight excluding hydrogens is 296 g/mol. The Morgan fingerprint density at radius 1 is 1.30 bits per heavy atom. The number of ether oxygens (including phenoxy) is 1. The lowest BCUT2D eigenvalue weighted by Gasteiger charge is -1.99. The molecule has 114 valence electrons. The summed E-state index contributed by atoms with van der Waals surface area (Å²) in [5, 5.41) is 0. The minimum absolute atomic E-state index is 0.199.